The van der Waals surface area contributed by atoms with Crippen molar-refractivity contribution >= 4 is 38.4 Å². The molecule has 1 aromatic heterocycles. The van der Waals surface area contributed by atoms with Gasteiger partial charge in [0.15, 0.2) is 11.7 Å². The standard InChI is InChI=1S/C22H23N3O5S2/c1-4-23-32(28,29)17-10-7-15(3)18(11-17)21(27)30-12-20(26)25-22-24-19(13-31-22)16-8-5-14(2)6-9-16/h5-11,13,23H,4,12H2,1-3H3,(H,24,25,26). The highest BCUT2D eigenvalue weighted by Gasteiger charge is 2.19. The van der Waals surface area contributed by atoms with Crippen molar-refractivity contribution in [3.05, 3.63) is 64.5 Å². The number of carbonyl (C=O) groups excluding carboxylic acids is 2. The molecule has 2 aromatic carbocycles. The van der Waals surface area contributed by atoms with Crippen LogP contribution in [0.5, 0.6) is 0 Å². The van der Waals surface area contributed by atoms with Crippen molar-refractivity contribution in [3.8, 4) is 11.3 Å². The third-order valence-corrected chi connectivity index (χ3v) is 6.81. The lowest BCUT2D eigenvalue weighted by Crippen LogP contribution is -2.24. The molecule has 0 fully saturated rings. The van der Waals surface area contributed by atoms with Gasteiger partial charge >= 0.3 is 5.97 Å². The lowest BCUT2D eigenvalue weighted by Gasteiger charge is -2.10. The van der Waals surface area contributed by atoms with E-state index in [0.717, 1.165) is 16.8 Å². The summed E-state index contributed by atoms with van der Waals surface area (Å²) in [4.78, 5) is 29.0. The Morgan fingerprint density at radius 1 is 1.09 bits per heavy atom. The molecule has 0 aliphatic heterocycles. The van der Waals surface area contributed by atoms with Gasteiger partial charge in [-0.25, -0.2) is 22.9 Å². The first-order valence-electron chi connectivity index (χ1n) is 9.79. The van der Waals surface area contributed by atoms with Crippen molar-refractivity contribution in [1.29, 1.82) is 0 Å². The molecule has 0 bridgehead atoms. The molecule has 2 N–H and O–H groups in total. The molecule has 3 aromatic rings. The molecular weight excluding hydrogens is 450 g/mol. The van der Waals surface area contributed by atoms with Crippen LogP contribution in [-0.4, -0.2) is 38.4 Å². The molecule has 0 unspecified atom stereocenters. The second-order valence-electron chi connectivity index (χ2n) is 7.01. The van der Waals surface area contributed by atoms with Gasteiger partial charge < -0.3 is 4.74 Å². The molecular formula is C22H23N3O5S2. The van der Waals surface area contributed by atoms with Gasteiger partial charge in [-0.15, -0.1) is 11.3 Å². The molecule has 0 saturated heterocycles. The number of aromatic nitrogens is 1. The number of anilines is 1. The monoisotopic (exact) mass is 473 g/mol. The van der Waals surface area contributed by atoms with Gasteiger partial charge in [0.05, 0.1) is 16.2 Å². The van der Waals surface area contributed by atoms with Crippen LogP contribution in [0, 0.1) is 13.8 Å². The predicted molar refractivity (Wildman–Crippen MR) is 123 cm³/mol. The zero-order valence-corrected chi connectivity index (χ0v) is 19.5. The molecule has 0 saturated carbocycles. The SMILES string of the molecule is CCNS(=O)(=O)c1ccc(C)c(C(=O)OCC(=O)Nc2nc(-c3ccc(C)cc3)cs2)c1. The summed E-state index contributed by atoms with van der Waals surface area (Å²) in [5.41, 5.74) is 3.42. The largest absolute Gasteiger partial charge is 0.452 e. The van der Waals surface area contributed by atoms with Gasteiger partial charge in [0.25, 0.3) is 5.91 Å². The summed E-state index contributed by atoms with van der Waals surface area (Å²) in [5, 5.41) is 4.81. The highest BCUT2D eigenvalue weighted by molar-refractivity contribution is 7.89. The molecule has 10 heteroatoms. The minimum absolute atomic E-state index is 0.0484. The summed E-state index contributed by atoms with van der Waals surface area (Å²) in [6.45, 7) is 5.01. The van der Waals surface area contributed by atoms with Gasteiger partial charge in [-0.3, -0.25) is 10.1 Å². The second kappa shape index (κ2) is 10.0. The van der Waals surface area contributed by atoms with Crippen LogP contribution in [-0.2, 0) is 19.6 Å². The zero-order valence-electron chi connectivity index (χ0n) is 17.8. The average molecular weight is 474 g/mol. The number of hydrogen-bond acceptors (Lipinski definition) is 7. The van der Waals surface area contributed by atoms with Crippen LogP contribution < -0.4 is 10.0 Å². The second-order valence-corrected chi connectivity index (χ2v) is 9.63. The Hall–Kier alpha value is -3.08. The number of thiazole rings is 1. The molecule has 0 spiro atoms. The first kappa shape index (κ1) is 23.6. The number of hydrogen-bond donors (Lipinski definition) is 2. The number of nitrogens with one attached hydrogen (secondary N) is 2. The molecule has 1 amide bonds. The number of sulfonamides is 1. The fourth-order valence-corrected chi connectivity index (χ4v) is 4.62. The van der Waals surface area contributed by atoms with Crippen LogP contribution in [0.25, 0.3) is 11.3 Å². The third-order valence-electron chi connectivity index (χ3n) is 4.51. The number of carbonyl (C=O) groups is 2. The zero-order chi connectivity index (χ0) is 23.3. The minimum Gasteiger partial charge on any atom is -0.452 e. The topological polar surface area (TPSA) is 114 Å². The summed E-state index contributed by atoms with van der Waals surface area (Å²) in [5.74, 6) is -1.33. The van der Waals surface area contributed by atoms with Crippen LogP contribution in [0.1, 0.15) is 28.4 Å². The number of rotatable bonds is 8. The average Bonchev–Trinajstić information content (AvgIpc) is 3.21. The van der Waals surface area contributed by atoms with Crippen molar-refractivity contribution in [3.63, 3.8) is 0 Å². The number of amides is 1. The fourth-order valence-electron chi connectivity index (χ4n) is 2.81. The third kappa shape index (κ3) is 5.78. The van der Waals surface area contributed by atoms with Gasteiger partial charge in [-0.05, 0) is 31.5 Å². The molecule has 3 rings (SSSR count). The maximum atomic E-state index is 12.4. The Morgan fingerprint density at radius 2 is 1.81 bits per heavy atom. The van der Waals surface area contributed by atoms with Gasteiger partial charge in [0, 0.05) is 17.5 Å². The maximum Gasteiger partial charge on any atom is 0.338 e. The fraction of sp³-hybridized carbons (Fsp3) is 0.227. The minimum atomic E-state index is -3.72. The van der Waals surface area contributed by atoms with E-state index in [-0.39, 0.29) is 17.0 Å². The van der Waals surface area contributed by atoms with Crippen molar-refractivity contribution in [2.45, 2.75) is 25.7 Å². The van der Waals surface area contributed by atoms with Crippen molar-refractivity contribution in [2.24, 2.45) is 0 Å². The lowest BCUT2D eigenvalue weighted by atomic mass is 10.1. The Balaban J connectivity index is 1.62. The number of esters is 1. The van der Waals surface area contributed by atoms with Gasteiger partial charge in [-0.2, -0.15) is 0 Å². The Kier molecular flexibility index (Phi) is 7.39. The van der Waals surface area contributed by atoms with E-state index in [2.05, 4.69) is 15.0 Å². The van der Waals surface area contributed by atoms with E-state index in [9.17, 15) is 18.0 Å². The first-order chi connectivity index (χ1) is 15.2. The first-order valence-corrected chi connectivity index (χ1v) is 12.2. The summed E-state index contributed by atoms with van der Waals surface area (Å²) >= 11 is 1.26. The summed E-state index contributed by atoms with van der Waals surface area (Å²) in [7, 11) is -3.72. The van der Waals surface area contributed by atoms with Crippen LogP contribution in [0.15, 0.2) is 52.7 Å². The smallest absolute Gasteiger partial charge is 0.338 e. The summed E-state index contributed by atoms with van der Waals surface area (Å²) in [6, 6.07) is 12.0. The molecule has 0 aliphatic rings. The van der Waals surface area contributed by atoms with E-state index < -0.39 is 28.5 Å². The number of nitrogens with zero attached hydrogens (tertiary/aromatic N) is 1. The maximum absolute atomic E-state index is 12.4. The van der Waals surface area contributed by atoms with Gasteiger partial charge in [-0.1, -0.05) is 42.8 Å². The molecule has 0 aliphatic carbocycles. The van der Waals surface area contributed by atoms with Crippen molar-refractivity contribution in [1.82, 2.24) is 9.71 Å². The van der Waals surface area contributed by atoms with Crippen molar-refractivity contribution < 1.29 is 22.7 Å². The number of benzene rings is 2. The molecule has 168 valence electrons. The van der Waals surface area contributed by atoms with E-state index in [1.807, 2.05) is 36.6 Å². The molecule has 1 heterocycles. The number of aryl methyl sites for hydroxylation is 2. The van der Waals surface area contributed by atoms with Gasteiger partial charge in [0.2, 0.25) is 10.0 Å². The quantitative estimate of drug-likeness (QED) is 0.484. The normalized spacial score (nSPS) is 11.2. The Bertz CT molecular complexity index is 1230. The molecule has 0 atom stereocenters. The highest BCUT2D eigenvalue weighted by Crippen LogP contribution is 2.25. The summed E-state index contributed by atoms with van der Waals surface area (Å²) in [6.07, 6.45) is 0. The van der Waals surface area contributed by atoms with E-state index in [1.54, 1.807) is 13.8 Å². The molecule has 0 radical (unpaired) electrons. The molecule has 32 heavy (non-hydrogen) atoms. The lowest BCUT2D eigenvalue weighted by molar-refractivity contribution is -0.119. The van der Waals surface area contributed by atoms with E-state index in [1.165, 1.54) is 29.5 Å². The van der Waals surface area contributed by atoms with Crippen LogP contribution in [0.4, 0.5) is 5.13 Å². The Morgan fingerprint density at radius 3 is 2.50 bits per heavy atom. The summed E-state index contributed by atoms with van der Waals surface area (Å²) < 4.78 is 31.8. The van der Waals surface area contributed by atoms with Gasteiger partial charge in [0.1, 0.15) is 0 Å². The number of ether oxygens (including phenoxy) is 1. The predicted octanol–water partition coefficient (Wildman–Crippen LogP) is 3.52. The van der Waals surface area contributed by atoms with Crippen LogP contribution in [0.2, 0.25) is 0 Å². The van der Waals surface area contributed by atoms with Crippen LogP contribution >= 0.6 is 11.3 Å². The highest BCUT2D eigenvalue weighted by atomic mass is 32.2. The van der Waals surface area contributed by atoms with E-state index in [0.29, 0.717) is 10.7 Å². The van der Waals surface area contributed by atoms with E-state index >= 15 is 0 Å². The van der Waals surface area contributed by atoms with E-state index in [4.69, 9.17) is 4.74 Å². The van der Waals surface area contributed by atoms with Crippen molar-refractivity contribution in [2.75, 3.05) is 18.5 Å². The Labute approximate surface area is 190 Å². The van der Waals surface area contributed by atoms with Crippen LogP contribution in [0.3, 0.4) is 0 Å². The molecule has 8 nitrogen and oxygen atoms in total.